The highest BCUT2D eigenvalue weighted by Crippen LogP contribution is 2.22. The Morgan fingerprint density at radius 2 is 2.27 bits per heavy atom. The summed E-state index contributed by atoms with van der Waals surface area (Å²) in [5, 5.41) is 8.84. The van der Waals surface area contributed by atoms with E-state index in [1.54, 1.807) is 0 Å². The molecule has 0 spiro atoms. The molecule has 0 radical (unpaired) electrons. The van der Waals surface area contributed by atoms with E-state index in [1.807, 2.05) is 0 Å². The van der Waals surface area contributed by atoms with Crippen LogP contribution in [0.2, 0.25) is 5.02 Å². The van der Waals surface area contributed by atoms with Crippen molar-refractivity contribution in [2.75, 3.05) is 0 Å². The third kappa shape index (κ3) is 3.49. The molecule has 1 aromatic carbocycles. The van der Waals surface area contributed by atoms with Gasteiger partial charge < -0.3 is 10.8 Å². The van der Waals surface area contributed by atoms with Crippen molar-refractivity contribution in [1.29, 1.82) is 0 Å². The van der Waals surface area contributed by atoms with Crippen molar-refractivity contribution in [3.8, 4) is 0 Å². The van der Waals surface area contributed by atoms with E-state index in [0.29, 0.717) is 5.02 Å². The summed E-state index contributed by atoms with van der Waals surface area (Å²) in [6, 6.07) is 3.42. The number of hydrogen-bond donors (Lipinski definition) is 2. The molecule has 1 atom stereocenters. The predicted molar refractivity (Wildman–Crippen MR) is 55.2 cm³/mol. The molecule has 0 aliphatic heterocycles. The summed E-state index contributed by atoms with van der Waals surface area (Å²) in [5.74, 6) is -1.41. The lowest BCUT2D eigenvalue weighted by molar-refractivity contribution is -0.137. The topological polar surface area (TPSA) is 63.3 Å². The largest absolute Gasteiger partial charge is 0.481 e. The summed E-state index contributed by atoms with van der Waals surface area (Å²) in [6.07, 6.45) is 0.0969. The van der Waals surface area contributed by atoms with Gasteiger partial charge in [0.05, 0.1) is 0 Å². The minimum Gasteiger partial charge on any atom is -0.481 e. The summed E-state index contributed by atoms with van der Waals surface area (Å²) in [7, 11) is 0. The van der Waals surface area contributed by atoms with Gasteiger partial charge in [-0.1, -0.05) is 11.6 Å². The number of halogens is 2. The number of benzene rings is 1. The van der Waals surface area contributed by atoms with Gasteiger partial charge in [0.1, 0.15) is 5.82 Å². The van der Waals surface area contributed by atoms with Gasteiger partial charge in [-0.3, -0.25) is 4.79 Å². The molecule has 3 nitrogen and oxygen atoms in total. The lowest BCUT2D eigenvalue weighted by atomic mass is 10.0. The van der Waals surface area contributed by atoms with E-state index < -0.39 is 17.8 Å². The van der Waals surface area contributed by atoms with E-state index in [2.05, 4.69) is 0 Å². The van der Waals surface area contributed by atoms with Crippen molar-refractivity contribution in [2.24, 2.45) is 5.73 Å². The SMILES string of the molecule is NC(CCC(=O)O)c1cc(Cl)ccc1F. The van der Waals surface area contributed by atoms with Crippen LogP contribution >= 0.6 is 11.6 Å². The zero-order valence-corrected chi connectivity index (χ0v) is 8.67. The molecule has 1 rings (SSSR count). The van der Waals surface area contributed by atoms with Gasteiger partial charge in [-0.25, -0.2) is 4.39 Å². The smallest absolute Gasteiger partial charge is 0.303 e. The number of nitrogens with two attached hydrogens (primary N) is 1. The molecular formula is C10H11ClFNO2. The van der Waals surface area contributed by atoms with Crippen LogP contribution in [0.25, 0.3) is 0 Å². The van der Waals surface area contributed by atoms with Crippen LogP contribution in [-0.2, 0) is 4.79 Å². The Morgan fingerprint density at radius 3 is 2.87 bits per heavy atom. The molecule has 15 heavy (non-hydrogen) atoms. The van der Waals surface area contributed by atoms with Crippen LogP contribution in [0.5, 0.6) is 0 Å². The van der Waals surface area contributed by atoms with Crippen LogP contribution in [0.1, 0.15) is 24.4 Å². The second kappa shape index (κ2) is 5.09. The highest BCUT2D eigenvalue weighted by atomic mass is 35.5. The maximum absolute atomic E-state index is 13.3. The molecule has 5 heteroatoms. The molecule has 0 fully saturated rings. The Bertz CT molecular complexity index is 370. The van der Waals surface area contributed by atoms with Crippen LogP contribution in [0, 0.1) is 5.82 Å². The van der Waals surface area contributed by atoms with E-state index >= 15 is 0 Å². The van der Waals surface area contributed by atoms with E-state index in [1.165, 1.54) is 18.2 Å². The lowest BCUT2D eigenvalue weighted by Gasteiger charge is -2.11. The van der Waals surface area contributed by atoms with Crippen LogP contribution in [-0.4, -0.2) is 11.1 Å². The third-order valence-corrected chi connectivity index (χ3v) is 2.26. The van der Waals surface area contributed by atoms with Crippen LogP contribution in [0.4, 0.5) is 4.39 Å². The molecule has 0 saturated heterocycles. The van der Waals surface area contributed by atoms with Gasteiger partial charge in [-0.15, -0.1) is 0 Å². The number of carbonyl (C=O) groups is 1. The van der Waals surface area contributed by atoms with Crippen molar-refractivity contribution in [3.63, 3.8) is 0 Å². The summed E-state index contributed by atoms with van der Waals surface area (Å²) >= 11 is 5.69. The Hall–Kier alpha value is -1.13. The van der Waals surface area contributed by atoms with Gasteiger partial charge in [-0.2, -0.15) is 0 Å². The van der Waals surface area contributed by atoms with E-state index in [4.69, 9.17) is 22.4 Å². The highest BCUT2D eigenvalue weighted by Gasteiger charge is 2.13. The fraction of sp³-hybridized carbons (Fsp3) is 0.300. The molecule has 0 saturated carbocycles. The third-order valence-electron chi connectivity index (χ3n) is 2.03. The molecule has 82 valence electrons. The molecule has 0 aromatic heterocycles. The second-order valence-electron chi connectivity index (χ2n) is 3.20. The lowest BCUT2D eigenvalue weighted by Crippen LogP contribution is -2.13. The first-order valence-corrected chi connectivity index (χ1v) is 4.81. The minimum absolute atomic E-state index is 0.0902. The van der Waals surface area contributed by atoms with Gasteiger partial charge in [-0.05, 0) is 24.6 Å². The summed E-state index contributed by atoms with van der Waals surface area (Å²) in [4.78, 5) is 10.3. The maximum Gasteiger partial charge on any atom is 0.303 e. The summed E-state index contributed by atoms with van der Waals surface area (Å²) in [6.45, 7) is 0. The number of aliphatic carboxylic acids is 1. The van der Waals surface area contributed by atoms with Crippen molar-refractivity contribution < 1.29 is 14.3 Å². The molecule has 0 bridgehead atoms. The van der Waals surface area contributed by atoms with Gasteiger partial charge in [0, 0.05) is 23.0 Å². The molecule has 0 heterocycles. The van der Waals surface area contributed by atoms with E-state index in [0.717, 1.165) is 0 Å². The maximum atomic E-state index is 13.3. The summed E-state index contributed by atoms with van der Waals surface area (Å²) < 4.78 is 13.3. The molecule has 0 aliphatic rings. The van der Waals surface area contributed by atoms with Crippen molar-refractivity contribution in [2.45, 2.75) is 18.9 Å². The Balaban J connectivity index is 2.76. The molecule has 3 N–H and O–H groups in total. The molecule has 1 aromatic rings. The van der Waals surface area contributed by atoms with Gasteiger partial charge in [0.2, 0.25) is 0 Å². The first-order valence-electron chi connectivity index (χ1n) is 4.43. The fourth-order valence-electron chi connectivity index (χ4n) is 1.23. The molecule has 0 aliphatic carbocycles. The zero-order chi connectivity index (χ0) is 11.4. The van der Waals surface area contributed by atoms with Crippen molar-refractivity contribution in [3.05, 3.63) is 34.6 Å². The second-order valence-corrected chi connectivity index (χ2v) is 3.64. The average Bonchev–Trinajstić information content (AvgIpc) is 2.18. The average molecular weight is 232 g/mol. The summed E-state index contributed by atoms with van der Waals surface area (Å²) in [5.41, 5.74) is 5.90. The normalized spacial score (nSPS) is 12.5. The number of hydrogen-bond acceptors (Lipinski definition) is 2. The van der Waals surface area contributed by atoms with Crippen LogP contribution < -0.4 is 5.73 Å². The first kappa shape index (κ1) is 11.9. The van der Waals surface area contributed by atoms with Gasteiger partial charge in [0.15, 0.2) is 0 Å². The monoisotopic (exact) mass is 231 g/mol. The molecular weight excluding hydrogens is 221 g/mol. The zero-order valence-electron chi connectivity index (χ0n) is 7.91. The highest BCUT2D eigenvalue weighted by molar-refractivity contribution is 6.30. The van der Waals surface area contributed by atoms with Gasteiger partial charge >= 0.3 is 5.97 Å². The molecule has 1 unspecified atom stereocenters. The predicted octanol–water partition coefficient (Wildman–Crippen LogP) is 2.34. The molecule has 0 amide bonds. The quantitative estimate of drug-likeness (QED) is 0.836. The van der Waals surface area contributed by atoms with Gasteiger partial charge in [0.25, 0.3) is 0 Å². The number of rotatable bonds is 4. The number of carboxylic acid groups (broad SMARTS) is 1. The number of carboxylic acids is 1. The van der Waals surface area contributed by atoms with Crippen molar-refractivity contribution >= 4 is 17.6 Å². The van der Waals surface area contributed by atoms with E-state index in [-0.39, 0.29) is 18.4 Å². The van der Waals surface area contributed by atoms with Crippen LogP contribution in [0.3, 0.4) is 0 Å². The standard InChI is InChI=1S/C10H11ClFNO2/c11-6-1-2-8(12)7(5-6)9(13)3-4-10(14)15/h1-2,5,9H,3-4,13H2,(H,14,15). The first-order chi connectivity index (χ1) is 7.00. The Labute approximate surface area is 91.7 Å². The Morgan fingerprint density at radius 1 is 1.60 bits per heavy atom. The van der Waals surface area contributed by atoms with Crippen molar-refractivity contribution in [1.82, 2.24) is 0 Å². The van der Waals surface area contributed by atoms with E-state index in [9.17, 15) is 9.18 Å². The minimum atomic E-state index is -0.951. The Kier molecular flexibility index (Phi) is 4.05. The van der Waals surface area contributed by atoms with Crippen LogP contribution in [0.15, 0.2) is 18.2 Å². The fourth-order valence-corrected chi connectivity index (χ4v) is 1.41.